The smallest absolute Gasteiger partial charge is 0.127 e. The van der Waals surface area contributed by atoms with Gasteiger partial charge in [-0.25, -0.2) is 0 Å². The van der Waals surface area contributed by atoms with E-state index < -0.39 is 17.9 Å². The van der Waals surface area contributed by atoms with Gasteiger partial charge in [-0.15, -0.1) is 0 Å². The molecule has 0 saturated heterocycles. The molecule has 0 saturated carbocycles. The summed E-state index contributed by atoms with van der Waals surface area (Å²) in [6, 6.07) is 20.1. The first kappa shape index (κ1) is 37.9. The van der Waals surface area contributed by atoms with Gasteiger partial charge in [0, 0.05) is 22.3 Å². The number of rotatable bonds is 4. The Kier molecular flexibility index (Phi) is 12.1. The van der Waals surface area contributed by atoms with Crippen LogP contribution < -0.4 is 0 Å². The van der Waals surface area contributed by atoms with E-state index in [-0.39, 0.29) is 27.7 Å². The van der Waals surface area contributed by atoms with Gasteiger partial charge in [0.2, 0.25) is 0 Å². The van der Waals surface area contributed by atoms with Crippen molar-refractivity contribution in [1.29, 1.82) is 0 Å². The molecule has 3 nitrogen and oxygen atoms in total. The normalized spacial score (nSPS) is 11.9. The van der Waals surface area contributed by atoms with E-state index >= 15 is 0 Å². The summed E-state index contributed by atoms with van der Waals surface area (Å²) in [5, 5.41) is 23.6. The number of phenolic OH excluding ortho intramolecular Hbond substituents is 2. The molecule has 246 valence electrons. The molecule has 0 radical (unpaired) electrons. The van der Waals surface area contributed by atoms with Gasteiger partial charge in [-0.1, -0.05) is 53.7 Å². The fourth-order valence-electron chi connectivity index (χ4n) is 5.28. The van der Waals surface area contributed by atoms with E-state index in [9.17, 15) is 10.2 Å². The number of hydrogen-bond acceptors (Lipinski definition) is 3. The Morgan fingerprint density at radius 3 is 1.43 bits per heavy atom. The van der Waals surface area contributed by atoms with Crippen LogP contribution in [0.1, 0.15) is 94.3 Å². The number of nitrogens with zero attached hydrogens (tertiary/aromatic N) is 1. The number of benzene rings is 4. The second kappa shape index (κ2) is 14.7. The Labute approximate surface area is 294 Å². The third kappa shape index (κ3) is 8.65. The van der Waals surface area contributed by atoms with Gasteiger partial charge >= 0.3 is 138 Å². The molecule has 0 spiro atoms. The maximum atomic E-state index is 11.2. The molecule has 4 aromatic rings. The Balaban J connectivity index is 0.000000259. The van der Waals surface area contributed by atoms with Gasteiger partial charge in [-0.2, -0.15) is 0 Å². The van der Waals surface area contributed by atoms with Crippen molar-refractivity contribution in [2.24, 2.45) is 3.50 Å². The SMILES string of the molecule is CC(C)([CH]=[Mo]=[N]c1c(Cl)cccc1Cl)c1ccccc1.Cc1cc(C(C)(C)C)c(O)c(-c2c(C)c(C)cc(C(C)(C)C)c2O)c1C. The van der Waals surface area contributed by atoms with Crippen LogP contribution in [0.5, 0.6) is 11.5 Å². The molecule has 0 heterocycles. The first-order valence-corrected chi connectivity index (χ1v) is 18.4. The molecule has 0 aliphatic heterocycles. The third-order valence-electron chi connectivity index (χ3n) is 8.45. The van der Waals surface area contributed by atoms with Crippen LogP contribution in [0, 0.1) is 27.7 Å². The van der Waals surface area contributed by atoms with E-state index in [2.05, 4.69) is 114 Å². The molecule has 2 N–H and O–H groups in total. The van der Waals surface area contributed by atoms with Crippen molar-refractivity contribution >= 4 is 33.3 Å². The zero-order chi connectivity index (χ0) is 34.8. The zero-order valence-electron chi connectivity index (χ0n) is 29.4. The van der Waals surface area contributed by atoms with Crippen LogP contribution in [-0.2, 0) is 34.2 Å². The number of aryl methyl sites for hydroxylation is 2. The molecule has 0 unspecified atom stereocenters. The molecule has 46 heavy (non-hydrogen) atoms. The molecule has 0 aliphatic carbocycles. The van der Waals surface area contributed by atoms with Crippen molar-refractivity contribution in [3.8, 4) is 22.6 Å². The number of phenols is 2. The van der Waals surface area contributed by atoms with Crippen LogP contribution in [0.2, 0.25) is 10.0 Å². The van der Waals surface area contributed by atoms with Gasteiger partial charge in [-0.05, 0) is 60.8 Å². The Morgan fingerprint density at radius 1 is 0.630 bits per heavy atom. The van der Waals surface area contributed by atoms with Gasteiger partial charge in [-0.3, -0.25) is 0 Å². The average Bonchev–Trinajstić information content (AvgIpc) is 2.95. The van der Waals surface area contributed by atoms with E-state index in [1.54, 1.807) is 0 Å². The monoisotopic (exact) mass is 743 g/mol. The Bertz CT molecular complexity index is 1700. The topological polar surface area (TPSA) is 52.8 Å². The van der Waals surface area contributed by atoms with Gasteiger partial charge in [0.05, 0.1) is 0 Å². The summed E-state index contributed by atoms with van der Waals surface area (Å²) in [4.78, 5) is 0. The molecule has 4 rings (SSSR count). The second-order valence-electron chi connectivity index (χ2n) is 14.7. The predicted octanol–water partition coefficient (Wildman–Crippen LogP) is 12.3. The van der Waals surface area contributed by atoms with E-state index in [0.29, 0.717) is 10.0 Å². The first-order chi connectivity index (χ1) is 21.2. The third-order valence-corrected chi connectivity index (χ3v) is 11.5. The predicted molar refractivity (Wildman–Crippen MR) is 196 cm³/mol. The van der Waals surface area contributed by atoms with E-state index in [4.69, 9.17) is 23.2 Å². The zero-order valence-corrected chi connectivity index (χ0v) is 32.9. The molecular weight excluding hydrogens is 693 g/mol. The summed E-state index contributed by atoms with van der Waals surface area (Å²) in [6.07, 6.45) is 0. The van der Waals surface area contributed by atoms with Crippen LogP contribution in [0.15, 0.2) is 64.2 Å². The quantitative estimate of drug-likeness (QED) is 0.205. The molecular formula is C40H49Cl2MoNO2. The van der Waals surface area contributed by atoms with Crippen LogP contribution in [0.25, 0.3) is 11.1 Å². The summed E-state index contributed by atoms with van der Waals surface area (Å²) in [6.45, 7) is 25.2. The number of hydrogen-bond donors (Lipinski definition) is 2. The summed E-state index contributed by atoms with van der Waals surface area (Å²) in [5.74, 6) is 0.564. The average molecular weight is 743 g/mol. The van der Waals surface area contributed by atoms with Crippen molar-refractivity contribution in [3.05, 3.63) is 110 Å². The Morgan fingerprint density at radius 2 is 1.04 bits per heavy atom. The molecule has 0 bridgehead atoms. The van der Waals surface area contributed by atoms with Crippen molar-refractivity contribution in [1.82, 2.24) is 0 Å². The van der Waals surface area contributed by atoms with E-state index in [1.165, 1.54) is 5.56 Å². The number of aromatic hydroxyl groups is 2. The summed E-state index contributed by atoms with van der Waals surface area (Å²) in [7, 11) is 0. The standard InChI is InChI=1S/C24H34O2.C10H12.C6H3Cl2N.Mo/c1-13-11-17(23(5,6)7)21(25)19(15(13)3)20-16(4)14(2)12-18(22(20)26)24(8,9)10;1-10(2,3)9-7-5-4-6-8-9;7-4-2-1-3-5(8)6(4)9;/h11-12,25-26H,1-10H3;1,4-8H,2-3H3;1-3H;. The summed E-state index contributed by atoms with van der Waals surface area (Å²) < 4.78 is 6.93. The molecule has 0 aliphatic rings. The van der Waals surface area contributed by atoms with Crippen molar-refractivity contribution < 1.29 is 28.1 Å². The largest absolute Gasteiger partial charge is 0.507 e. The van der Waals surface area contributed by atoms with Gasteiger partial charge in [0.25, 0.3) is 0 Å². The molecule has 0 amide bonds. The van der Waals surface area contributed by atoms with Crippen molar-refractivity contribution in [3.63, 3.8) is 0 Å². The van der Waals surface area contributed by atoms with Crippen LogP contribution in [0.3, 0.4) is 0 Å². The maximum absolute atomic E-state index is 11.2. The van der Waals surface area contributed by atoms with E-state index in [0.717, 1.165) is 50.2 Å². The van der Waals surface area contributed by atoms with Crippen molar-refractivity contribution in [2.45, 2.75) is 99.3 Å². The minimum absolute atomic E-state index is 0.0146. The van der Waals surface area contributed by atoms with Gasteiger partial charge in [0.1, 0.15) is 11.5 Å². The Hall–Kier alpha value is -2.58. The van der Waals surface area contributed by atoms with Crippen LogP contribution >= 0.6 is 23.2 Å². The van der Waals surface area contributed by atoms with Gasteiger partial charge < -0.3 is 10.2 Å². The minimum atomic E-state index is -0.662. The molecule has 4 aromatic carbocycles. The van der Waals surface area contributed by atoms with Crippen LogP contribution in [0.4, 0.5) is 5.69 Å². The molecule has 0 atom stereocenters. The summed E-state index contributed by atoms with van der Waals surface area (Å²) in [5.41, 5.74) is 9.29. The van der Waals surface area contributed by atoms with Gasteiger partial charge in [0.15, 0.2) is 0 Å². The van der Waals surface area contributed by atoms with E-state index in [1.807, 2.05) is 38.1 Å². The molecule has 6 heteroatoms. The molecule has 0 aromatic heterocycles. The van der Waals surface area contributed by atoms with Crippen molar-refractivity contribution in [2.75, 3.05) is 0 Å². The number of halogens is 2. The fourth-order valence-corrected chi connectivity index (χ4v) is 7.89. The second-order valence-corrected chi connectivity index (χ2v) is 17.0. The molecule has 0 fully saturated rings. The van der Waals surface area contributed by atoms with Crippen LogP contribution in [-0.4, -0.2) is 14.6 Å². The maximum Gasteiger partial charge on any atom is 0.127 e. The minimum Gasteiger partial charge on any atom is -0.507 e. The fraction of sp³-hybridized carbons (Fsp3) is 0.375. The summed E-state index contributed by atoms with van der Waals surface area (Å²) >= 11 is 11.6. The first-order valence-electron chi connectivity index (χ1n) is 15.6.